The van der Waals surface area contributed by atoms with Gasteiger partial charge in [0, 0.05) is 22.6 Å². The molecule has 0 spiro atoms. The first-order valence-electron chi connectivity index (χ1n) is 12.6. The molecule has 0 radical (unpaired) electrons. The topological polar surface area (TPSA) is 86.8 Å². The number of rotatable bonds is 11. The lowest BCUT2D eigenvalue weighted by Gasteiger charge is -2.34. The second-order valence-electron chi connectivity index (χ2n) is 9.45. The van der Waals surface area contributed by atoms with E-state index in [-0.39, 0.29) is 23.4 Å². The number of anilines is 1. The highest BCUT2D eigenvalue weighted by Gasteiger charge is 2.34. The second-order valence-corrected chi connectivity index (χ2v) is 12.2. The monoisotopic (exact) mass is 589 g/mol. The van der Waals surface area contributed by atoms with Crippen LogP contribution in [0.15, 0.2) is 77.7 Å². The molecule has 1 atom stereocenters. The Hall–Kier alpha value is -3.07. The Labute approximate surface area is 240 Å². The molecule has 0 unspecified atom stereocenters. The van der Waals surface area contributed by atoms with E-state index in [1.807, 2.05) is 13.8 Å². The van der Waals surface area contributed by atoms with Crippen molar-refractivity contribution in [3.8, 4) is 0 Å². The van der Waals surface area contributed by atoms with Crippen molar-refractivity contribution >= 4 is 50.7 Å². The minimum absolute atomic E-state index is 0.00907. The number of carbonyl (C=O) groups excluding carboxylic acids is 2. The molecular weight excluding hydrogens is 557 g/mol. The first kappa shape index (κ1) is 30.5. The van der Waals surface area contributed by atoms with Crippen molar-refractivity contribution in [2.75, 3.05) is 10.8 Å². The molecule has 208 valence electrons. The Morgan fingerprint density at radius 3 is 2.13 bits per heavy atom. The third kappa shape index (κ3) is 7.53. The van der Waals surface area contributed by atoms with Crippen molar-refractivity contribution in [1.82, 2.24) is 10.2 Å². The minimum Gasteiger partial charge on any atom is -0.352 e. The summed E-state index contributed by atoms with van der Waals surface area (Å²) in [6.45, 7) is 6.77. The molecule has 0 aliphatic carbocycles. The lowest BCUT2D eigenvalue weighted by Crippen LogP contribution is -2.53. The summed E-state index contributed by atoms with van der Waals surface area (Å²) in [7, 11) is -4.17. The number of aryl methyl sites for hydroxylation is 1. The molecule has 1 N–H and O–H groups in total. The number of sulfonamides is 1. The number of para-hydroxylation sites is 1. The number of hydrogen-bond acceptors (Lipinski definition) is 4. The van der Waals surface area contributed by atoms with Crippen LogP contribution in [-0.4, -0.2) is 43.8 Å². The molecule has 0 saturated carbocycles. The molecule has 0 bridgehead atoms. The standard InChI is InChI=1S/C29H33Cl2N3O4S/c1-5-26(29(36)32-20(2)3)33(18-22-11-7-8-12-25(22)31)28(35)19-34(27-13-9-6-10-21(27)4)39(37,38)24-16-14-23(30)15-17-24/h6-17,20,26H,5,18-19H2,1-4H3,(H,32,36)/t26-/m1/s1. The molecular formula is C29H33Cl2N3O4S. The molecule has 7 nitrogen and oxygen atoms in total. The maximum Gasteiger partial charge on any atom is 0.264 e. The molecule has 3 rings (SSSR count). The van der Waals surface area contributed by atoms with Gasteiger partial charge in [0.05, 0.1) is 10.6 Å². The average Bonchev–Trinajstić information content (AvgIpc) is 2.88. The van der Waals surface area contributed by atoms with Crippen molar-refractivity contribution in [1.29, 1.82) is 0 Å². The lowest BCUT2D eigenvalue weighted by atomic mass is 10.1. The molecule has 0 fully saturated rings. The van der Waals surface area contributed by atoms with Gasteiger partial charge in [-0.1, -0.05) is 66.5 Å². The summed E-state index contributed by atoms with van der Waals surface area (Å²) >= 11 is 12.4. The third-order valence-electron chi connectivity index (χ3n) is 6.18. The maximum absolute atomic E-state index is 14.1. The largest absolute Gasteiger partial charge is 0.352 e. The van der Waals surface area contributed by atoms with Crippen molar-refractivity contribution in [3.63, 3.8) is 0 Å². The SMILES string of the molecule is CC[C@H](C(=O)NC(C)C)N(Cc1ccccc1Cl)C(=O)CN(c1ccccc1C)S(=O)(=O)c1ccc(Cl)cc1. The Morgan fingerprint density at radius 1 is 0.923 bits per heavy atom. The zero-order valence-corrected chi connectivity index (χ0v) is 24.7. The van der Waals surface area contributed by atoms with E-state index in [9.17, 15) is 18.0 Å². The highest BCUT2D eigenvalue weighted by molar-refractivity contribution is 7.92. The minimum atomic E-state index is -4.17. The highest BCUT2D eigenvalue weighted by Crippen LogP contribution is 2.28. The second kappa shape index (κ2) is 13.3. The molecule has 0 aromatic heterocycles. The van der Waals surface area contributed by atoms with E-state index in [0.29, 0.717) is 33.3 Å². The number of nitrogens with one attached hydrogen (secondary N) is 1. The van der Waals surface area contributed by atoms with Crippen LogP contribution < -0.4 is 9.62 Å². The van der Waals surface area contributed by atoms with E-state index in [1.54, 1.807) is 62.4 Å². The number of benzene rings is 3. The number of halogens is 2. The number of nitrogens with zero attached hydrogens (tertiary/aromatic N) is 2. The first-order chi connectivity index (χ1) is 18.4. The van der Waals surface area contributed by atoms with E-state index in [1.165, 1.54) is 29.2 Å². The molecule has 3 aromatic carbocycles. The molecule has 0 heterocycles. The quantitative estimate of drug-likeness (QED) is 0.305. The maximum atomic E-state index is 14.1. The van der Waals surface area contributed by atoms with E-state index >= 15 is 0 Å². The molecule has 3 aromatic rings. The van der Waals surface area contributed by atoms with Crippen molar-refractivity contribution in [2.24, 2.45) is 0 Å². The molecule has 0 aliphatic rings. The van der Waals surface area contributed by atoms with Gasteiger partial charge >= 0.3 is 0 Å². The predicted octanol–water partition coefficient (Wildman–Crippen LogP) is 5.83. The van der Waals surface area contributed by atoms with Gasteiger partial charge < -0.3 is 10.2 Å². The van der Waals surface area contributed by atoms with E-state index < -0.39 is 28.5 Å². The Kier molecular flexibility index (Phi) is 10.4. The third-order valence-corrected chi connectivity index (χ3v) is 8.57. The fraction of sp³-hybridized carbons (Fsp3) is 0.310. The predicted molar refractivity (Wildman–Crippen MR) is 157 cm³/mol. The summed E-state index contributed by atoms with van der Waals surface area (Å²) < 4.78 is 28.9. The van der Waals surface area contributed by atoms with Crippen LogP contribution in [0.1, 0.15) is 38.3 Å². The smallest absolute Gasteiger partial charge is 0.264 e. The van der Waals surface area contributed by atoms with E-state index in [2.05, 4.69) is 5.32 Å². The van der Waals surface area contributed by atoms with Crippen LogP contribution >= 0.6 is 23.2 Å². The van der Waals surface area contributed by atoms with Gasteiger partial charge in [-0.25, -0.2) is 8.42 Å². The van der Waals surface area contributed by atoms with Gasteiger partial charge in [-0.05, 0) is 74.7 Å². The average molecular weight is 591 g/mol. The van der Waals surface area contributed by atoms with Crippen molar-refractivity contribution < 1.29 is 18.0 Å². The summed E-state index contributed by atoms with van der Waals surface area (Å²) in [6.07, 6.45) is 0.322. The zero-order valence-electron chi connectivity index (χ0n) is 22.4. The van der Waals surface area contributed by atoms with Gasteiger partial charge in [0.1, 0.15) is 12.6 Å². The van der Waals surface area contributed by atoms with Gasteiger partial charge in [0.2, 0.25) is 11.8 Å². The zero-order chi connectivity index (χ0) is 28.7. The molecule has 0 aliphatic heterocycles. The first-order valence-corrected chi connectivity index (χ1v) is 14.8. The molecule has 39 heavy (non-hydrogen) atoms. The van der Waals surface area contributed by atoms with Crippen LogP contribution in [0, 0.1) is 6.92 Å². The summed E-state index contributed by atoms with van der Waals surface area (Å²) in [5, 5.41) is 3.71. The summed E-state index contributed by atoms with van der Waals surface area (Å²) in [5.41, 5.74) is 1.68. The van der Waals surface area contributed by atoms with Gasteiger partial charge in [0.15, 0.2) is 0 Å². The van der Waals surface area contributed by atoms with Crippen LogP contribution in [0.25, 0.3) is 0 Å². The summed E-state index contributed by atoms with van der Waals surface area (Å²) in [5.74, 6) is -0.864. The molecule has 10 heteroatoms. The van der Waals surface area contributed by atoms with Crippen molar-refractivity contribution in [3.05, 3.63) is 94.0 Å². The van der Waals surface area contributed by atoms with Gasteiger partial charge in [-0.15, -0.1) is 0 Å². The van der Waals surface area contributed by atoms with Gasteiger partial charge in [-0.2, -0.15) is 0 Å². The summed E-state index contributed by atoms with van der Waals surface area (Å²) in [6, 6.07) is 18.8. The van der Waals surface area contributed by atoms with Crippen LogP contribution in [0.5, 0.6) is 0 Å². The van der Waals surface area contributed by atoms with Gasteiger partial charge in [-0.3, -0.25) is 13.9 Å². The highest BCUT2D eigenvalue weighted by atomic mass is 35.5. The van der Waals surface area contributed by atoms with Crippen LogP contribution in [0.2, 0.25) is 10.0 Å². The summed E-state index contributed by atoms with van der Waals surface area (Å²) in [4.78, 5) is 28.6. The fourth-order valence-corrected chi connectivity index (χ4v) is 6.00. The van der Waals surface area contributed by atoms with Crippen LogP contribution in [0.3, 0.4) is 0 Å². The van der Waals surface area contributed by atoms with Crippen molar-refractivity contribution in [2.45, 2.75) is 57.6 Å². The normalized spacial score (nSPS) is 12.2. The Balaban J connectivity index is 2.09. The lowest BCUT2D eigenvalue weighted by molar-refractivity contribution is -0.140. The van der Waals surface area contributed by atoms with Crippen LogP contribution in [-0.2, 0) is 26.2 Å². The number of amides is 2. The van der Waals surface area contributed by atoms with E-state index in [4.69, 9.17) is 23.2 Å². The van der Waals surface area contributed by atoms with Gasteiger partial charge in [0.25, 0.3) is 10.0 Å². The molecule has 2 amide bonds. The van der Waals surface area contributed by atoms with Crippen LogP contribution in [0.4, 0.5) is 5.69 Å². The van der Waals surface area contributed by atoms with E-state index in [0.717, 1.165) is 4.31 Å². The fourth-order valence-electron chi connectivity index (χ4n) is 4.20. The number of carbonyl (C=O) groups is 2. The molecule has 0 saturated heterocycles. The Bertz CT molecular complexity index is 1410. The Morgan fingerprint density at radius 2 is 1.54 bits per heavy atom. The number of hydrogen-bond donors (Lipinski definition) is 1.